The highest BCUT2D eigenvalue weighted by Gasteiger charge is 2.07. The molecular formula is C16H17N3O2S. The Bertz CT molecular complexity index is 650. The molecule has 0 fully saturated rings. The quantitative estimate of drug-likeness (QED) is 0.483. The molecule has 0 amide bonds. The Balaban J connectivity index is 1.79. The van der Waals surface area contributed by atoms with Gasteiger partial charge in [-0.2, -0.15) is 5.10 Å². The summed E-state index contributed by atoms with van der Waals surface area (Å²) >= 11 is 1.40. The Labute approximate surface area is 133 Å². The average Bonchev–Trinajstić information content (AvgIpc) is 2.95. The minimum Gasteiger partial charge on any atom is -0.466 e. The SMILES string of the molecule is CCOC(=O)Cc1csc(N/N=C/C=C/c2ccccc2)n1. The Hall–Kier alpha value is -2.47. The van der Waals surface area contributed by atoms with Gasteiger partial charge in [-0.15, -0.1) is 11.3 Å². The number of nitrogens with zero attached hydrogens (tertiary/aromatic N) is 2. The van der Waals surface area contributed by atoms with E-state index in [1.807, 2.05) is 47.9 Å². The van der Waals surface area contributed by atoms with Crippen molar-refractivity contribution in [2.45, 2.75) is 13.3 Å². The fourth-order valence-corrected chi connectivity index (χ4v) is 2.31. The van der Waals surface area contributed by atoms with Gasteiger partial charge in [-0.3, -0.25) is 10.2 Å². The smallest absolute Gasteiger partial charge is 0.311 e. The van der Waals surface area contributed by atoms with Gasteiger partial charge in [0.1, 0.15) is 0 Å². The molecule has 6 heteroatoms. The standard InChI is InChI=1S/C16H17N3O2S/c1-2-21-15(20)11-14-12-22-16(18-14)19-17-10-6-9-13-7-4-3-5-8-13/h3-10,12H,2,11H2,1H3,(H,18,19)/b9-6+,17-10+. The highest BCUT2D eigenvalue weighted by atomic mass is 32.1. The topological polar surface area (TPSA) is 63.6 Å². The molecule has 2 aromatic rings. The van der Waals surface area contributed by atoms with Crippen molar-refractivity contribution in [1.82, 2.24) is 4.98 Å². The summed E-state index contributed by atoms with van der Waals surface area (Å²) in [6, 6.07) is 9.97. The van der Waals surface area contributed by atoms with Crippen molar-refractivity contribution < 1.29 is 9.53 Å². The van der Waals surface area contributed by atoms with Gasteiger partial charge in [0.05, 0.1) is 18.7 Å². The second kappa shape index (κ2) is 8.74. The van der Waals surface area contributed by atoms with Gasteiger partial charge in [0.2, 0.25) is 5.13 Å². The Morgan fingerprint density at radius 3 is 3.00 bits per heavy atom. The van der Waals surface area contributed by atoms with Crippen molar-refractivity contribution in [2.75, 3.05) is 12.0 Å². The second-order valence-electron chi connectivity index (χ2n) is 4.29. The normalized spacial score (nSPS) is 11.1. The molecule has 5 nitrogen and oxygen atoms in total. The van der Waals surface area contributed by atoms with Gasteiger partial charge in [-0.1, -0.05) is 36.4 Å². The van der Waals surface area contributed by atoms with Crippen LogP contribution in [0.4, 0.5) is 5.13 Å². The molecule has 1 N–H and O–H groups in total. The molecule has 0 bridgehead atoms. The molecule has 0 spiro atoms. The minimum atomic E-state index is -0.270. The van der Waals surface area contributed by atoms with Crippen LogP contribution in [0.1, 0.15) is 18.2 Å². The van der Waals surface area contributed by atoms with Crippen LogP contribution in [0.2, 0.25) is 0 Å². The van der Waals surface area contributed by atoms with E-state index in [4.69, 9.17) is 4.74 Å². The molecule has 1 aromatic carbocycles. The van der Waals surface area contributed by atoms with Crippen LogP contribution in [0.25, 0.3) is 6.08 Å². The van der Waals surface area contributed by atoms with E-state index in [1.54, 1.807) is 13.1 Å². The number of nitrogens with one attached hydrogen (secondary N) is 1. The molecule has 0 aliphatic rings. The third-order valence-electron chi connectivity index (χ3n) is 2.59. The molecule has 0 unspecified atom stereocenters. The number of allylic oxidation sites excluding steroid dienone is 1. The number of aromatic nitrogens is 1. The van der Waals surface area contributed by atoms with Crippen molar-refractivity contribution in [1.29, 1.82) is 0 Å². The molecule has 0 radical (unpaired) electrons. The van der Waals surface area contributed by atoms with E-state index in [0.29, 0.717) is 17.4 Å². The number of anilines is 1. The summed E-state index contributed by atoms with van der Waals surface area (Å²) in [6.45, 7) is 2.16. The zero-order chi connectivity index (χ0) is 15.6. The first-order chi connectivity index (χ1) is 10.8. The zero-order valence-electron chi connectivity index (χ0n) is 12.2. The largest absolute Gasteiger partial charge is 0.466 e. The van der Waals surface area contributed by atoms with Crippen LogP contribution < -0.4 is 5.43 Å². The van der Waals surface area contributed by atoms with Gasteiger partial charge in [0.25, 0.3) is 0 Å². The molecule has 0 aliphatic heterocycles. The monoisotopic (exact) mass is 315 g/mol. The molecule has 1 aromatic heterocycles. The summed E-state index contributed by atoms with van der Waals surface area (Å²) in [5.41, 5.74) is 4.62. The van der Waals surface area contributed by atoms with Crippen LogP contribution in [0.15, 0.2) is 46.9 Å². The van der Waals surface area contributed by atoms with Crippen molar-refractivity contribution in [3.8, 4) is 0 Å². The van der Waals surface area contributed by atoms with E-state index in [9.17, 15) is 4.79 Å². The van der Waals surface area contributed by atoms with Gasteiger partial charge in [-0.05, 0) is 18.6 Å². The Morgan fingerprint density at radius 1 is 1.41 bits per heavy atom. The first-order valence-electron chi connectivity index (χ1n) is 6.88. The van der Waals surface area contributed by atoms with Gasteiger partial charge >= 0.3 is 5.97 Å². The molecular weight excluding hydrogens is 298 g/mol. The molecule has 2 rings (SSSR count). The summed E-state index contributed by atoms with van der Waals surface area (Å²) < 4.78 is 4.88. The van der Waals surface area contributed by atoms with Gasteiger partial charge in [-0.25, -0.2) is 4.98 Å². The van der Waals surface area contributed by atoms with Crippen LogP contribution in [0.3, 0.4) is 0 Å². The third kappa shape index (κ3) is 5.49. The molecule has 22 heavy (non-hydrogen) atoms. The van der Waals surface area contributed by atoms with E-state index in [-0.39, 0.29) is 12.4 Å². The highest BCUT2D eigenvalue weighted by Crippen LogP contribution is 2.15. The number of ether oxygens (including phenoxy) is 1. The number of rotatable bonds is 7. The predicted octanol–water partition coefficient (Wildman–Crippen LogP) is 3.36. The van der Waals surface area contributed by atoms with Crippen molar-refractivity contribution in [3.05, 3.63) is 53.0 Å². The van der Waals surface area contributed by atoms with Crippen LogP contribution in [-0.4, -0.2) is 23.8 Å². The maximum absolute atomic E-state index is 11.3. The van der Waals surface area contributed by atoms with Gasteiger partial charge < -0.3 is 4.74 Å². The highest BCUT2D eigenvalue weighted by molar-refractivity contribution is 7.13. The first-order valence-corrected chi connectivity index (χ1v) is 7.76. The molecule has 1 heterocycles. The number of carbonyl (C=O) groups is 1. The molecule has 114 valence electrons. The number of hydrogen-bond acceptors (Lipinski definition) is 6. The Kier molecular flexibility index (Phi) is 6.32. The maximum atomic E-state index is 11.3. The summed E-state index contributed by atoms with van der Waals surface area (Å²) in [6.07, 6.45) is 5.64. The second-order valence-corrected chi connectivity index (χ2v) is 5.14. The number of esters is 1. The third-order valence-corrected chi connectivity index (χ3v) is 3.39. The molecule has 0 saturated heterocycles. The lowest BCUT2D eigenvalue weighted by molar-refractivity contribution is -0.142. The van der Waals surface area contributed by atoms with Crippen LogP contribution >= 0.6 is 11.3 Å². The lowest BCUT2D eigenvalue weighted by Crippen LogP contribution is -2.07. The van der Waals surface area contributed by atoms with Crippen LogP contribution in [0, 0.1) is 0 Å². The van der Waals surface area contributed by atoms with Crippen molar-refractivity contribution in [3.63, 3.8) is 0 Å². The number of carbonyl (C=O) groups excluding carboxylic acids is 1. The lowest BCUT2D eigenvalue weighted by Gasteiger charge is -1.97. The van der Waals surface area contributed by atoms with E-state index < -0.39 is 0 Å². The molecule has 0 atom stereocenters. The number of thiazole rings is 1. The predicted molar refractivity (Wildman–Crippen MR) is 90.0 cm³/mol. The van der Waals surface area contributed by atoms with E-state index in [0.717, 1.165) is 5.56 Å². The molecule has 0 aliphatic carbocycles. The fourth-order valence-electron chi connectivity index (χ4n) is 1.65. The van der Waals surface area contributed by atoms with E-state index in [2.05, 4.69) is 15.5 Å². The van der Waals surface area contributed by atoms with Gasteiger partial charge in [0.15, 0.2) is 0 Å². The minimum absolute atomic E-state index is 0.184. The fraction of sp³-hybridized carbons (Fsp3) is 0.188. The maximum Gasteiger partial charge on any atom is 0.311 e. The van der Waals surface area contributed by atoms with E-state index >= 15 is 0 Å². The van der Waals surface area contributed by atoms with Gasteiger partial charge in [0, 0.05) is 11.6 Å². The Morgan fingerprint density at radius 2 is 2.23 bits per heavy atom. The van der Waals surface area contributed by atoms with Crippen LogP contribution in [0.5, 0.6) is 0 Å². The van der Waals surface area contributed by atoms with E-state index in [1.165, 1.54) is 11.3 Å². The number of benzene rings is 1. The summed E-state index contributed by atoms with van der Waals surface area (Å²) in [5, 5.41) is 6.51. The molecule has 0 saturated carbocycles. The summed E-state index contributed by atoms with van der Waals surface area (Å²) in [7, 11) is 0. The first kappa shape index (κ1) is 15.9. The summed E-state index contributed by atoms with van der Waals surface area (Å²) in [5.74, 6) is -0.270. The number of hydrazone groups is 1. The van der Waals surface area contributed by atoms with Crippen molar-refractivity contribution >= 4 is 34.7 Å². The number of hydrogen-bond donors (Lipinski definition) is 1. The average molecular weight is 315 g/mol. The summed E-state index contributed by atoms with van der Waals surface area (Å²) in [4.78, 5) is 15.6. The zero-order valence-corrected chi connectivity index (χ0v) is 13.0. The van der Waals surface area contributed by atoms with Crippen LogP contribution in [-0.2, 0) is 16.0 Å². The lowest BCUT2D eigenvalue weighted by atomic mass is 10.2. The van der Waals surface area contributed by atoms with Crippen molar-refractivity contribution in [2.24, 2.45) is 5.10 Å².